The van der Waals surface area contributed by atoms with Gasteiger partial charge in [0.05, 0.1) is 30.2 Å². The van der Waals surface area contributed by atoms with Crippen LogP contribution in [-0.4, -0.2) is 45.4 Å². The summed E-state index contributed by atoms with van der Waals surface area (Å²) in [5.41, 5.74) is 2.24. The molecule has 3 rings (SSSR count). The molecule has 1 aromatic heterocycles. The summed E-state index contributed by atoms with van der Waals surface area (Å²) >= 11 is 1.22. The Morgan fingerprint density at radius 2 is 1.88 bits per heavy atom. The smallest absolute Gasteiger partial charge is 0.339 e. The van der Waals surface area contributed by atoms with Crippen molar-refractivity contribution in [2.24, 2.45) is 0 Å². The fourth-order valence-corrected chi connectivity index (χ4v) is 4.16. The maximum atomic E-state index is 12.6. The summed E-state index contributed by atoms with van der Waals surface area (Å²) < 4.78 is 6.62. The lowest BCUT2D eigenvalue weighted by atomic mass is 10.1. The first-order chi connectivity index (χ1) is 16.3. The van der Waals surface area contributed by atoms with Crippen molar-refractivity contribution in [1.82, 2.24) is 20.1 Å². The van der Waals surface area contributed by atoms with Crippen LogP contribution in [0.15, 0.2) is 53.7 Å². The molecule has 2 N–H and O–H groups in total. The minimum atomic E-state index is -0.527. The number of anilines is 1. The van der Waals surface area contributed by atoms with Crippen molar-refractivity contribution in [2.45, 2.75) is 38.5 Å². The summed E-state index contributed by atoms with van der Waals surface area (Å²) in [6, 6.07) is 13.6. The van der Waals surface area contributed by atoms with E-state index in [4.69, 9.17) is 4.74 Å². The standard InChI is InChI=1S/C24H27N5O4S/c1-5-29-21(16(3)25-22(31)17-10-8-9-15(2)13-17)27-28-24(29)34-14-20(30)26-19-12-7-6-11-18(19)23(32)33-4/h6-13,16H,5,14H2,1-4H3,(H,25,31)(H,26,30). The Balaban J connectivity index is 1.65. The fraction of sp³-hybridized carbons (Fsp3) is 0.292. The number of nitrogens with zero attached hydrogens (tertiary/aromatic N) is 3. The van der Waals surface area contributed by atoms with Crippen molar-refractivity contribution >= 4 is 35.2 Å². The highest BCUT2D eigenvalue weighted by atomic mass is 32.2. The molecule has 0 aliphatic carbocycles. The number of rotatable bonds is 9. The predicted octanol–water partition coefficient (Wildman–Crippen LogP) is 3.61. The highest BCUT2D eigenvalue weighted by Gasteiger charge is 2.21. The molecule has 0 aliphatic heterocycles. The molecule has 0 fully saturated rings. The summed E-state index contributed by atoms with van der Waals surface area (Å²) in [7, 11) is 1.29. The van der Waals surface area contributed by atoms with Gasteiger partial charge in [0, 0.05) is 12.1 Å². The molecule has 0 aliphatic rings. The molecule has 3 aromatic rings. The second kappa shape index (κ2) is 11.5. The molecule has 0 spiro atoms. The molecule has 178 valence electrons. The van der Waals surface area contributed by atoms with Gasteiger partial charge in [-0.2, -0.15) is 0 Å². The van der Waals surface area contributed by atoms with Crippen molar-refractivity contribution in [1.29, 1.82) is 0 Å². The number of aromatic nitrogens is 3. The van der Waals surface area contributed by atoms with E-state index in [1.54, 1.807) is 30.3 Å². The van der Waals surface area contributed by atoms with E-state index in [1.807, 2.05) is 43.5 Å². The predicted molar refractivity (Wildman–Crippen MR) is 130 cm³/mol. The van der Waals surface area contributed by atoms with E-state index in [2.05, 4.69) is 20.8 Å². The van der Waals surface area contributed by atoms with Crippen LogP contribution >= 0.6 is 11.8 Å². The van der Waals surface area contributed by atoms with Gasteiger partial charge in [0.15, 0.2) is 11.0 Å². The lowest BCUT2D eigenvalue weighted by Gasteiger charge is -2.15. The summed E-state index contributed by atoms with van der Waals surface area (Å²) in [5, 5.41) is 14.7. The number of hydrogen-bond donors (Lipinski definition) is 2. The minimum absolute atomic E-state index is 0.0671. The highest BCUT2D eigenvalue weighted by molar-refractivity contribution is 7.99. The molecule has 2 amide bonds. The first kappa shape index (κ1) is 25.0. The van der Waals surface area contributed by atoms with Gasteiger partial charge in [-0.25, -0.2) is 4.79 Å². The molecule has 1 atom stereocenters. The minimum Gasteiger partial charge on any atom is -0.465 e. The van der Waals surface area contributed by atoms with Crippen molar-refractivity contribution < 1.29 is 19.1 Å². The topological polar surface area (TPSA) is 115 Å². The average Bonchev–Trinajstić information content (AvgIpc) is 3.25. The van der Waals surface area contributed by atoms with E-state index in [1.165, 1.54) is 18.9 Å². The fourth-order valence-electron chi connectivity index (χ4n) is 3.35. The zero-order valence-electron chi connectivity index (χ0n) is 19.5. The number of ether oxygens (including phenoxy) is 1. The molecule has 0 saturated carbocycles. The first-order valence-corrected chi connectivity index (χ1v) is 11.7. The first-order valence-electron chi connectivity index (χ1n) is 10.7. The van der Waals surface area contributed by atoms with Crippen LogP contribution in [0.4, 0.5) is 5.69 Å². The number of amides is 2. The van der Waals surface area contributed by atoms with Crippen LogP contribution in [0.5, 0.6) is 0 Å². The number of methoxy groups -OCH3 is 1. The second-order valence-electron chi connectivity index (χ2n) is 7.52. The zero-order valence-corrected chi connectivity index (χ0v) is 20.3. The number of aryl methyl sites for hydroxylation is 1. The van der Waals surface area contributed by atoms with Gasteiger partial charge in [0.25, 0.3) is 5.91 Å². The van der Waals surface area contributed by atoms with Crippen molar-refractivity contribution in [3.05, 3.63) is 71.0 Å². The zero-order chi connectivity index (χ0) is 24.7. The average molecular weight is 482 g/mol. The van der Waals surface area contributed by atoms with Gasteiger partial charge in [0.1, 0.15) is 0 Å². The highest BCUT2D eigenvalue weighted by Crippen LogP contribution is 2.22. The van der Waals surface area contributed by atoms with Gasteiger partial charge in [-0.15, -0.1) is 10.2 Å². The largest absolute Gasteiger partial charge is 0.465 e. The normalized spacial score (nSPS) is 11.5. The second-order valence-corrected chi connectivity index (χ2v) is 8.47. The SMILES string of the molecule is CCn1c(SCC(=O)Nc2ccccc2C(=O)OC)nnc1C(C)NC(=O)c1cccc(C)c1. The van der Waals surface area contributed by atoms with Crippen LogP contribution in [0.25, 0.3) is 0 Å². The molecule has 34 heavy (non-hydrogen) atoms. The molecule has 1 heterocycles. The third-order valence-corrected chi connectivity index (χ3v) is 5.98. The summed E-state index contributed by atoms with van der Waals surface area (Å²) in [6.07, 6.45) is 0. The molecule has 1 unspecified atom stereocenters. The lowest BCUT2D eigenvalue weighted by molar-refractivity contribution is -0.113. The number of hydrogen-bond acceptors (Lipinski definition) is 7. The Morgan fingerprint density at radius 3 is 2.59 bits per heavy atom. The Morgan fingerprint density at radius 1 is 1.12 bits per heavy atom. The Kier molecular flexibility index (Phi) is 8.42. The van der Waals surface area contributed by atoms with E-state index in [0.29, 0.717) is 28.8 Å². The molecule has 9 nitrogen and oxygen atoms in total. The number of para-hydroxylation sites is 1. The molecule has 0 radical (unpaired) electrons. The quantitative estimate of drug-likeness (QED) is 0.354. The van der Waals surface area contributed by atoms with E-state index in [0.717, 1.165) is 5.56 Å². The molecule has 2 aromatic carbocycles. The molecule has 10 heteroatoms. The van der Waals surface area contributed by atoms with Crippen molar-refractivity contribution in [2.75, 3.05) is 18.2 Å². The van der Waals surface area contributed by atoms with Crippen LogP contribution in [0.2, 0.25) is 0 Å². The molecular formula is C24H27N5O4S. The van der Waals surface area contributed by atoms with Crippen LogP contribution in [0, 0.1) is 6.92 Å². The third-order valence-electron chi connectivity index (χ3n) is 5.02. The van der Waals surface area contributed by atoms with Crippen molar-refractivity contribution in [3.63, 3.8) is 0 Å². The lowest BCUT2D eigenvalue weighted by Crippen LogP contribution is -2.28. The number of nitrogens with one attached hydrogen (secondary N) is 2. The summed E-state index contributed by atoms with van der Waals surface area (Å²) in [4.78, 5) is 37.0. The van der Waals surface area contributed by atoms with Gasteiger partial charge < -0.3 is 19.9 Å². The van der Waals surface area contributed by atoms with Gasteiger partial charge in [-0.3, -0.25) is 9.59 Å². The van der Waals surface area contributed by atoms with Gasteiger partial charge >= 0.3 is 5.97 Å². The van der Waals surface area contributed by atoms with E-state index >= 15 is 0 Å². The summed E-state index contributed by atoms with van der Waals surface area (Å²) in [5.74, 6) is -0.352. The molecule has 0 saturated heterocycles. The van der Waals surface area contributed by atoms with Crippen LogP contribution < -0.4 is 10.6 Å². The monoisotopic (exact) mass is 481 g/mol. The van der Waals surface area contributed by atoms with E-state index < -0.39 is 5.97 Å². The number of esters is 1. The maximum Gasteiger partial charge on any atom is 0.339 e. The van der Waals surface area contributed by atoms with E-state index in [9.17, 15) is 14.4 Å². The Labute approximate surface area is 202 Å². The summed E-state index contributed by atoms with van der Waals surface area (Å²) in [6.45, 7) is 6.29. The van der Waals surface area contributed by atoms with Crippen molar-refractivity contribution in [3.8, 4) is 0 Å². The number of carbonyl (C=O) groups is 3. The van der Waals surface area contributed by atoms with Gasteiger partial charge in [-0.05, 0) is 45.0 Å². The van der Waals surface area contributed by atoms with E-state index in [-0.39, 0.29) is 29.2 Å². The van der Waals surface area contributed by atoms with Gasteiger partial charge in [-0.1, -0.05) is 41.6 Å². The number of benzene rings is 2. The van der Waals surface area contributed by atoms with Crippen LogP contribution in [0.3, 0.4) is 0 Å². The van der Waals surface area contributed by atoms with Crippen LogP contribution in [-0.2, 0) is 16.1 Å². The maximum absolute atomic E-state index is 12.6. The molecule has 0 bridgehead atoms. The molecular weight excluding hydrogens is 454 g/mol. The van der Waals surface area contributed by atoms with Crippen LogP contribution in [0.1, 0.15) is 52.0 Å². The van der Waals surface area contributed by atoms with Gasteiger partial charge in [0.2, 0.25) is 5.91 Å². The number of thioether (sulfide) groups is 1. The Hall–Kier alpha value is -3.66. The third kappa shape index (κ3) is 6.02. The Bertz CT molecular complexity index is 1190. The number of carbonyl (C=O) groups excluding carboxylic acids is 3.